The first-order valence-electron chi connectivity index (χ1n) is 14.9. The summed E-state index contributed by atoms with van der Waals surface area (Å²) in [4.78, 5) is 24.9. The molecule has 1 unspecified atom stereocenters. The van der Waals surface area contributed by atoms with Crippen LogP contribution in [0.3, 0.4) is 0 Å². The van der Waals surface area contributed by atoms with Crippen LogP contribution in [0.1, 0.15) is 106 Å². The van der Waals surface area contributed by atoms with Crippen molar-refractivity contribution in [2.24, 2.45) is 56.7 Å². The SMILES string of the molecule is C[C@H]1[C@H](C)CC[C@]2(C(=O)OCC(=O)O)CC[C@]3(C)C(=CC[C@@H]4[C@@]5(C)CC[C@H](O)C(C)(C)C5CC[C@]43C)[C@H]12. The van der Waals surface area contributed by atoms with E-state index >= 15 is 0 Å². The van der Waals surface area contributed by atoms with Crippen molar-refractivity contribution < 1.29 is 24.5 Å². The molecule has 0 aliphatic heterocycles. The quantitative estimate of drug-likeness (QED) is 0.326. The Balaban J connectivity index is 1.57. The van der Waals surface area contributed by atoms with E-state index in [1.165, 1.54) is 5.57 Å². The van der Waals surface area contributed by atoms with Crippen LogP contribution >= 0.6 is 0 Å². The fourth-order valence-electron chi connectivity index (χ4n) is 11.1. The Hall–Kier alpha value is -1.36. The van der Waals surface area contributed by atoms with E-state index in [9.17, 15) is 19.8 Å². The van der Waals surface area contributed by atoms with E-state index < -0.39 is 18.0 Å². The number of carboxylic acids is 1. The van der Waals surface area contributed by atoms with E-state index in [2.05, 4.69) is 54.5 Å². The summed E-state index contributed by atoms with van der Waals surface area (Å²) in [6, 6.07) is 0. The van der Waals surface area contributed by atoms with Crippen molar-refractivity contribution in [3.63, 3.8) is 0 Å². The molecule has 5 aliphatic rings. The highest BCUT2D eigenvalue weighted by molar-refractivity contribution is 5.81. The molecule has 0 aromatic carbocycles. The van der Waals surface area contributed by atoms with Crippen LogP contribution in [0, 0.1) is 56.7 Å². The van der Waals surface area contributed by atoms with Crippen molar-refractivity contribution in [3.8, 4) is 0 Å². The molecule has 0 spiro atoms. The van der Waals surface area contributed by atoms with E-state index in [-0.39, 0.29) is 39.7 Å². The van der Waals surface area contributed by atoms with E-state index in [1.54, 1.807) is 0 Å². The van der Waals surface area contributed by atoms with Crippen LogP contribution in [0.15, 0.2) is 11.6 Å². The van der Waals surface area contributed by atoms with Crippen LogP contribution in [0.25, 0.3) is 0 Å². The maximum absolute atomic E-state index is 13.7. The molecule has 4 saturated carbocycles. The lowest BCUT2D eigenvalue weighted by atomic mass is 9.33. The maximum Gasteiger partial charge on any atom is 0.341 e. The number of rotatable bonds is 3. The average Bonchev–Trinajstić information content (AvgIpc) is 2.83. The average molecular weight is 515 g/mol. The normalized spacial score (nSPS) is 50.4. The highest BCUT2D eigenvalue weighted by Gasteiger charge is 2.69. The second-order valence-corrected chi connectivity index (χ2v) is 15.1. The maximum atomic E-state index is 13.7. The van der Waals surface area contributed by atoms with E-state index in [0.717, 1.165) is 57.8 Å². The number of aliphatic carboxylic acids is 1. The van der Waals surface area contributed by atoms with Crippen molar-refractivity contribution in [2.45, 2.75) is 112 Å². The molecule has 5 aliphatic carbocycles. The predicted molar refractivity (Wildman–Crippen MR) is 144 cm³/mol. The highest BCUT2D eigenvalue weighted by atomic mass is 16.6. The van der Waals surface area contributed by atoms with Gasteiger partial charge in [-0.05, 0) is 109 Å². The number of ether oxygens (including phenoxy) is 1. The number of hydrogen-bond acceptors (Lipinski definition) is 4. The Bertz CT molecular complexity index is 999. The first-order chi connectivity index (χ1) is 17.1. The topological polar surface area (TPSA) is 83.8 Å². The molecule has 2 N–H and O–H groups in total. The summed E-state index contributed by atoms with van der Waals surface area (Å²) in [7, 11) is 0. The van der Waals surface area contributed by atoms with E-state index in [1.807, 2.05) is 0 Å². The Labute approximate surface area is 223 Å². The van der Waals surface area contributed by atoms with Crippen molar-refractivity contribution in [1.29, 1.82) is 0 Å². The lowest BCUT2D eigenvalue weighted by Crippen LogP contribution is -2.65. The Kier molecular flexibility index (Phi) is 6.30. The lowest BCUT2D eigenvalue weighted by molar-refractivity contribution is -0.207. The van der Waals surface area contributed by atoms with Gasteiger partial charge in [0, 0.05) is 0 Å². The number of carbonyl (C=O) groups excluding carboxylic acids is 1. The number of aliphatic hydroxyl groups excluding tert-OH is 1. The van der Waals surface area contributed by atoms with Gasteiger partial charge in [-0.25, -0.2) is 4.79 Å². The van der Waals surface area contributed by atoms with Crippen LogP contribution in [0.2, 0.25) is 0 Å². The highest BCUT2D eigenvalue weighted by Crippen LogP contribution is 2.75. The first-order valence-corrected chi connectivity index (χ1v) is 14.9. The first kappa shape index (κ1) is 27.2. The molecule has 5 nitrogen and oxygen atoms in total. The van der Waals surface area contributed by atoms with Crippen LogP contribution in [0.5, 0.6) is 0 Å². The van der Waals surface area contributed by atoms with Crippen LogP contribution in [-0.2, 0) is 14.3 Å². The number of hydrogen-bond donors (Lipinski definition) is 2. The number of allylic oxidation sites excluding steroid dienone is 2. The fourth-order valence-corrected chi connectivity index (χ4v) is 11.1. The smallest absolute Gasteiger partial charge is 0.341 e. The molecular formula is C32H50O5. The summed E-state index contributed by atoms with van der Waals surface area (Å²) < 4.78 is 5.46. The summed E-state index contributed by atoms with van der Waals surface area (Å²) in [5.74, 6) is 0.694. The molecule has 37 heavy (non-hydrogen) atoms. The summed E-state index contributed by atoms with van der Waals surface area (Å²) in [5.41, 5.74) is 1.15. The van der Waals surface area contributed by atoms with Crippen molar-refractivity contribution >= 4 is 11.9 Å². The Morgan fingerprint density at radius 3 is 2.32 bits per heavy atom. The minimum Gasteiger partial charge on any atom is -0.479 e. The molecule has 5 rings (SSSR count). The Morgan fingerprint density at radius 2 is 1.65 bits per heavy atom. The molecule has 0 amide bonds. The molecule has 0 bridgehead atoms. The standard InChI is InChI=1S/C32H50O5/c1-19-10-15-32(27(36)37-18-25(34)35)17-16-30(6)21(26(32)20(19)2)8-9-23-29(5)13-12-24(33)28(3,4)22(29)11-14-31(23,30)7/h8,19-20,22-24,26,33H,9-18H2,1-7H3,(H,34,35)/t19-,20+,22?,23-,24+,26+,29+,30-,31-,32+/m1/s1. The van der Waals surface area contributed by atoms with Gasteiger partial charge in [0.25, 0.3) is 0 Å². The molecule has 10 atom stereocenters. The number of carboxylic acid groups (broad SMARTS) is 1. The van der Waals surface area contributed by atoms with Gasteiger partial charge >= 0.3 is 11.9 Å². The van der Waals surface area contributed by atoms with Crippen molar-refractivity contribution in [3.05, 3.63) is 11.6 Å². The van der Waals surface area contributed by atoms with Gasteiger partial charge in [0.05, 0.1) is 11.5 Å². The molecule has 208 valence electrons. The van der Waals surface area contributed by atoms with Gasteiger partial charge in [0.15, 0.2) is 6.61 Å². The largest absolute Gasteiger partial charge is 0.479 e. The second-order valence-electron chi connectivity index (χ2n) is 15.1. The molecule has 5 heteroatoms. The van der Waals surface area contributed by atoms with Gasteiger partial charge < -0.3 is 14.9 Å². The van der Waals surface area contributed by atoms with Crippen molar-refractivity contribution in [2.75, 3.05) is 6.61 Å². The van der Waals surface area contributed by atoms with E-state index in [0.29, 0.717) is 23.7 Å². The lowest BCUT2D eigenvalue weighted by Gasteiger charge is -2.71. The van der Waals surface area contributed by atoms with Gasteiger partial charge in [0.1, 0.15) is 0 Å². The number of aliphatic hydroxyl groups is 1. The molecule has 0 aromatic rings. The minimum absolute atomic E-state index is 0.0106. The van der Waals surface area contributed by atoms with Crippen LogP contribution in [0.4, 0.5) is 0 Å². The number of carbonyl (C=O) groups is 2. The monoisotopic (exact) mass is 514 g/mol. The third kappa shape index (κ3) is 3.50. The number of fused-ring (bicyclic) bond motifs is 7. The van der Waals surface area contributed by atoms with Gasteiger partial charge in [-0.15, -0.1) is 0 Å². The fraction of sp³-hybridized carbons (Fsp3) is 0.875. The zero-order valence-electron chi connectivity index (χ0n) is 24.2. The molecule has 0 saturated heterocycles. The molecular weight excluding hydrogens is 464 g/mol. The van der Waals surface area contributed by atoms with Gasteiger partial charge in [-0.3, -0.25) is 4.79 Å². The summed E-state index contributed by atoms with van der Waals surface area (Å²) >= 11 is 0. The van der Waals surface area contributed by atoms with Gasteiger partial charge in [-0.1, -0.05) is 60.1 Å². The van der Waals surface area contributed by atoms with Crippen molar-refractivity contribution in [1.82, 2.24) is 0 Å². The minimum atomic E-state index is -1.09. The zero-order chi connectivity index (χ0) is 27.2. The Morgan fingerprint density at radius 1 is 0.946 bits per heavy atom. The predicted octanol–water partition coefficient (Wildman–Crippen LogP) is 6.63. The molecule has 0 aromatic heterocycles. The summed E-state index contributed by atoms with van der Waals surface area (Å²) in [6.45, 7) is 16.2. The molecule has 0 heterocycles. The van der Waals surface area contributed by atoms with Gasteiger partial charge in [0.2, 0.25) is 0 Å². The summed E-state index contributed by atoms with van der Waals surface area (Å²) in [6.07, 6.45) is 11.2. The number of esters is 1. The summed E-state index contributed by atoms with van der Waals surface area (Å²) in [5, 5.41) is 20.1. The van der Waals surface area contributed by atoms with Crippen LogP contribution < -0.4 is 0 Å². The van der Waals surface area contributed by atoms with E-state index in [4.69, 9.17) is 4.74 Å². The third-order valence-corrected chi connectivity index (χ3v) is 13.7. The molecule has 4 fully saturated rings. The second kappa shape index (κ2) is 8.57. The third-order valence-electron chi connectivity index (χ3n) is 13.7. The zero-order valence-corrected chi connectivity index (χ0v) is 24.2. The molecule has 0 radical (unpaired) electrons. The van der Waals surface area contributed by atoms with Gasteiger partial charge in [-0.2, -0.15) is 0 Å². The van der Waals surface area contributed by atoms with Crippen LogP contribution in [-0.4, -0.2) is 34.9 Å².